The highest BCUT2D eigenvalue weighted by atomic mass is 35.5. The molecule has 8 atom stereocenters. The fourth-order valence-corrected chi connectivity index (χ4v) is 9.68. The van der Waals surface area contributed by atoms with E-state index in [1.807, 2.05) is 153 Å². The Morgan fingerprint density at radius 1 is 0.349 bits per heavy atom. The van der Waals surface area contributed by atoms with Crippen LogP contribution in [0.1, 0.15) is 64.6 Å². The zero-order valence-corrected chi connectivity index (χ0v) is 72.6. The number of alkyl carbamates (subject to hydrolysis) is 1. The lowest BCUT2D eigenvalue weighted by molar-refractivity contribution is -0.134. The molecule has 1 fully saturated rings. The fraction of sp³-hybridized carbons (Fsp3) is 0.329. The van der Waals surface area contributed by atoms with E-state index in [0.29, 0.717) is 35.1 Å². The molecule has 0 saturated carbocycles. The lowest BCUT2D eigenvalue weighted by atomic mass is 10.1. The zero-order valence-electron chi connectivity index (χ0n) is 71.8. The Morgan fingerprint density at radius 2 is 0.713 bits per heavy atom. The molecule has 1 heterocycles. The molecular weight excluding hydrogens is 1690 g/mol. The highest BCUT2D eigenvalue weighted by Gasteiger charge is 2.22. The van der Waals surface area contributed by atoms with E-state index in [9.17, 15) is 71.9 Å². The zero-order chi connectivity index (χ0) is 96.8. The minimum atomic E-state index is -0.933. The highest BCUT2D eigenvalue weighted by molar-refractivity contribution is 6.31. The number of hydrogen-bond acceptors (Lipinski definition) is 25. The van der Waals surface area contributed by atoms with Crippen LogP contribution in [0.3, 0.4) is 0 Å². The van der Waals surface area contributed by atoms with Crippen LogP contribution >= 0.6 is 11.6 Å². The number of ether oxygens (including phenoxy) is 2. The van der Waals surface area contributed by atoms with E-state index < -0.39 is 114 Å². The van der Waals surface area contributed by atoms with Crippen molar-refractivity contribution in [3.63, 3.8) is 0 Å². The maximum atomic E-state index is 11.6. The van der Waals surface area contributed by atoms with Gasteiger partial charge in [-0.2, -0.15) is 0 Å². The van der Waals surface area contributed by atoms with Gasteiger partial charge in [-0.05, 0) is 90.8 Å². The van der Waals surface area contributed by atoms with Gasteiger partial charge in [0.2, 0.25) is 65.0 Å². The predicted molar refractivity (Wildman–Crippen MR) is 488 cm³/mol. The lowest BCUT2D eigenvalue weighted by Gasteiger charge is -2.27. The summed E-state index contributed by atoms with van der Waals surface area (Å²) >= 11 is 5.88. The summed E-state index contributed by atoms with van der Waals surface area (Å²) in [4.78, 5) is 167. The third kappa shape index (κ3) is 54.9. The first kappa shape index (κ1) is 113. The van der Waals surface area contributed by atoms with Crippen molar-refractivity contribution in [1.29, 1.82) is 0 Å². The van der Waals surface area contributed by atoms with Gasteiger partial charge in [0.1, 0.15) is 48.9 Å². The SMILES string of the molecule is Cc1ccccc1CC(=O)NC[C@H](N)C(N)=O.Cc1ccccc1NC(=O)NC[C@H](N)C(N)=O.NC(=O)[C@@H](N)CC(=O)N1CCCCC1.NC(=O)[C@@H](N)CNC(=O)Cc1ccccc1.NC(=O)[C@@H](N)CNC(=O)NCc1ccccc1.NC(=O)[C@@H](N)CNC(=O)Nc1ccccc1.NC(=O)[C@@H](N)CNC(=O)OCc1ccccc1Cl.NC(=O)[C@H](N)COCc1ccccc1. The van der Waals surface area contributed by atoms with Crippen molar-refractivity contribution in [2.45, 2.75) is 120 Å². The summed E-state index contributed by atoms with van der Waals surface area (Å²) in [6, 6.07) is 51.3. The normalized spacial score (nSPS) is 12.6. The number of piperidine rings is 1. The Labute approximate surface area is 752 Å². The monoisotopic (exact) mass is 1810 g/mol. The van der Waals surface area contributed by atoms with Crippen molar-refractivity contribution >= 4 is 112 Å². The summed E-state index contributed by atoms with van der Waals surface area (Å²) in [6.07, 6.45) is 3.15. The van der Waals surface area contributed by atoms with Crippen LogP contribution in [-0.4, -0.2) is 201 Å². The molecule has 0 radical (unpaired) electrons. The Bertz CT molecular complexity index is 4460. The fourth-order valence-electron chi connectivity index (χ4n) is 9.49. The van der Waals surface area contributed by atoms with Crippen LogP contribution in [0.25, 0.3) is 0 Å². The molecule has 0 unspecified atom stereocenters. The number of carbonyl (C=O) groups excluding carboxylic acids is 15. The molecular formula is C85H123ClN26O17. The molecule has 0 aliphatic carbocycles. The third-order valence-corrected chi connectivity index (χ3v) is 17.6. The molecule has 8 rings (SSSR count). The van der Waals surface area contributed by atoms with E-state index in [2.05, 4.69) is 47.9 Å². The number of para-hydroxylation sites is 2. The minimum Gasteiger partial charge on any atom is -0.445 e. The molecule has 1 saturated heterocycles. The first-order valence-corrected chi connectivity index (χ1v) is 40.3. The number of urea groups is 3. The van der Waals surface area contributed by atoms with E-state index in [-0.39, 0.29) is 95.5 Å². The number of hydrogen-bond donors (Lipinski definition) is 25. The first-order chi connectivity index (χ1) is 61.1. The van der Waals surface area contributed by atoms with Crippen molar-refractivity contribution in [1.82, 2.24) is 42.1 Å². The Balaban J connectivity index is 0.000000738. The topological polar surface area (TPSA) is 802 Å². The number of anilines is 2. The molecule has 702 valence electrons. The predicted octanol–water partition coefficient (Wildman–Crippen LogP) is -2.93. The van der Waals surface area contributed by atoms with Crippen molar-refractivity contribution < 1.29 is 81.4 Å². The van der Waals surface area contributed by atoms with E-state index in [1.54, 1.807) is 59.5 Å². The van der Waals surface area contributed by atoms with Gasteiger partial charge in [0, 0.05) is 80.9 Å². The largest absolute Gasteiger partial charge is 0.445 e. The average Bonchev–Trinajstić information content (AvgIpc) is 0.899. The van der Waals surface area contributed by atoms with Gasteiger partial charge >= 0.3 is 24.2 Å². The van der Waals surface area contributed by atoms with Crippen molar-refractivity contribution in [2.75, 3.05) is 69.6 Å². The summed E-state index contributed by atoms with van der Waals surface area (Å²) in [5, 5.41) is 23.2. The average molecular weight is 1820 g/mol. The van der Waals surface area contributed by atoms with E-state index >= 15 is 0 Å². The Hall–Kier alpha value is -14.3. The number of benzene rings is 7. The number of aryl methyl sites for hydroxylation is 2. The smallest absolute Gasteiger partial charge is 0.407 e. The molecule has 0 spiro atoms. The first-order valence-electron chi connectivity index (χ1n) is 39.9. The number of nitrogens with zero attached hydrogens (tertiary/aromatic N) is 1. The molecule has 44 heteroatoms. The molecule has 18 amide bonds. The van der Waals surface area contributed by atoms with Crippen LogP contribution in [0.2, 0.25) is 5.02 Å². The van der Waals surface area contributed by atoms with Crippen LogP contribution in [0.5, 0.6) is 0 Å². The van der Waals surface area contributed by atoms with Gasteiger partial charge in [-0.25, -0.2) is 19.2 Å². The maximum Gasteiger partial charge on any atom is 0.407 e. The van der Waals surface area contributed by atoms with Gasteiger partial charge in [0.15, 0.2) is 0 Å². The van der Waals surface area contributed by atoms with Crippen molar-refractivity contribution in [2.24, 2.45) is 91.7 Å². The molecule has 41 N–H and O–H groups in total. The van der Waals surface area contributed by atoms with Crippen LogP contribution in [0, 0.1) is 13.8 Å². The number of nitrogens with two attached hydrogens (primary N) is 16. The molecule has 7 aromatic carbocycles. The second kappa shape index (κ2) is 65.3. The minimum absolute atomic E-state index is 0.00699. The van der Waals surface area contributed by atoms with E-state index in [1.165, 1.54) is 6.42 Å². The van der Waals surface area contributed by atoms with Crippen LogP contribution in [-0.2, 0) is 94.8 Å². The summed E-state index contributed by atoms with van der Waals surface area (Å²) in [5.74, 6) is -5.46. The van der Waals surface area contributed by atoms with Crippen molar-refractivity contribution in [3.8, 4) is 0 Å². The summed E-state index contributed by atoms with van der Waals surface area (Å²) in [7, 11) is 0. The molecule has 7 aromatic rings. The summed E-state index contributed by atoms with van der Waals surface area (Å²) < 4.78 is 10.1. The van der Waals surface area contributed by atoms with Crippen LogP contribution in [0.15, 0.2) is 194 Å². The third-order valence-electron chi connectivity index (χ3n) is 17.2. The number of rotatable bonds is 36. The molecule has 43 nitrogen and oxygen atoms in total. The van der Waals surface area contributed by atoms with Gasteiger partial charge < -0.3 is 154 Å². The van der Waals surface area contributed by atoms with Gasteiger partial charge in [0.25, 0.3) is 0 Å². The Morgan fingerprint density at radius 3 is 1.16 bits per heavy atom. The maximum absolute atomic E-state index is 11.6. The number of primary amides is 8. The summed E-state index contributed by atoms with van der Waals surface area (Å²) in [6.45, 7) is 6.55. The number of halogens is 1. The Kier molecular flexibility index (Phi) is 57.1. The molecule has 1 aliphatic rings. The van der Waals surface area contributed by atoms with Gasteiger partial charge in [-0.15, -0.1) is 0 Å². The molecule has 129 heavy (non-hydrogen) atoms. The van der Waals surface area contributed by atoms with E-state index in [0.717, 1.165) is 59.3 Å². The molecule has 0 aromatic heterocycles. The van der Waals surface area contributed by atoms with Gasteiger partial charge in [-0.1, -0.05) is 181 Å². The number of likely N-dealkylation sites (tertiary alicyclic amines) is 1. The van der Waals surface area contributed by atoms with E-state index in [4.69, 9.17) is 113 Å². The quantitative estimate of drug-likeness (QED) is 0.0187. The van der Waals surface area contributed by atoms with Crippen LogP contribution < -0.4 is 140 Å². The molecule has 1 aliphatic heterocycles. The van der Waals surface area contributed by atoms with Crippen molar-refractivity contribution in [3.05, 3.63) is 238 Å². The number of nitrogens with one attached hydrogen (secondary N) is 9. The standard InChI is InChI=1S/C12H17N3O2.C11H14ClN3O3.2C11H16N4O2.C11H15N3O2.C10H14N4O2.C10H14N2O2.C9H17N3O2/c1-8-4-2-3-5-9(8)6-11(16)15-7-10(13)12(14)17;12-8-4-2-1-3-7(8)6-18-11(17)15-5-9(13)10(14)16;1-7-4-2-3-5-9(7)15-11(17)14-6-8(12)10(13)16;12-9(10(13)16)7-15-11(17)14-6-8-4-2-1-3-5-8;12-9(11(13)16)7-14-10(15)6-8-4-2-1-3-5-8;11-8(9(12)15)6-13-10(16)14-7-4-2-1-3-5-7;11-9(10(12)13)7-14-6-8-4-2-1-3-5-8;10-7(9(11)14)6-8(13)12-4-2-1-3-5-12/h2-5,10H,6-7,13H2,1H3,(H2,14,17)(H,15,16);1-4,9H,5-6,13H2,(H2,14,16)(H,15,17);2-5,8H,6,12H2,1H3,(H2,13,16)(H2,14,15,17);1-5,9H,6-7,12H2,(H2,13,16)(H2,14,15,17);1-5,9H,6-7,12H2,(H2,13,16)(H,14,15);1-5,8H,6,11H2,(H2,12,15)(H2,13,14,16);1-5,9H,6-7,11H2,(H2,12,13);7H,1-6,10H2,(H2,11,14)/t10-;9-;8-;2*9-;8-;9-;7-/m00000010/s1. The summed E-state index contributed by atoms with van der Waals surface area (Å²) in [5.41, 5.74) is 90.6. The van der Waals surface area contributed by atoms with Gasteiger partial charge in [0.05, 0.1) is 38.5 Å². The van der Waals surface area contributed by atoms with Gasteiger partial charge in [-0.3, -0.25) is 52.7 Å². The number of amides is 18. The number of carbonyl (C=O) groups is 15. The highest BCUT2D eigenvalue weighted by Crippen LogP contribution is 2.17. The second-order valence-electron chi connectivity index (χ2n) is 28.0. The lowest BCUT2D eigenvalue weighted by Crippen LogP contribution is -2.48. The second-order valence-corrected chi connectivity index (χ2v) is 28.4. The van der Waals surface area contributed by atoms with Crippen LogP contribution in [0.4, 0.5) is 30.6 Å². The molecule has 0 bridgehead atoms.